The van der Waals surface area contributed by atoms with Gasteiger partial charge in [0, 0.05) is 6.07 Å². The lowest BCUT2D eigenvalue weighted by atomic mass is 10.1. The summed E-state index contributed by atoms with van der Waals surface area (Å²) in [5.74, 6) is -1.54. The van der Waals surface area contributed by atoms with E-state index in [4.69, 9.17) is 9.84 Å². The molecule has 0 radical (unpaired) electrons. The van der Waals surface area contributed by atoms with Crippen LogP contribution in [-0.4, -0.2) is 23.3 Å². The maximum Gasteiger partial charge on any atom is 0.177 e. The molecule has 0 aliphatic carbocycles. The molecule has 1 aromatic carbocycles. The molecule has 0 aromatic heterocycles. The minimum Gasteiger partial charge on any atom is -0.505 e. The van der Waals surface area contributed by atoms with Gasteiger partial charge in [-0.15, -0.1) is 0 Å². The highest BCUT2D eigenvalue weighted by molar-refractivity contribution is 9.09. The summed E-state index contributed by atoms with van der Waals surface area (Å²) >= 11 is 2.98. The average Bonchev–Trinajstić information content (AvgIpc) is 2.20. The van der Waals surface area contributed by atoms with Gasteiger partial charge in [-0.3, -0.25) is 4.79 Å². The van der Waals surface area contributed by atoms with Gasteiger partial charge in [0.25, 0.3) is 0 Å². The molecule has 0 unspecified atom stereocenters. The number of phenols is 1. The molecule has 0 aliphatic heterocycles. The fourth-order valence-corrected chi connectivity index (χ4v) is 1.30. The van der Waals surface area contributed by atoms with Crippen LogP contribution in [-0.2, 0) is 0 Å². The van der Waals surface area contributed by atoms with Gasteiger partial charge in [-0.25, -0.2) is 4.39 Å². The van der Waals surface area contributed by atoms with Crippen LogP contribution in [0.2, 0.25) is 0 Å². The summed E-state index contributed by atoms with van der Waals surface area (Å²) < 4.78 is 17.7. The third kappa shape index (κ3) is 2.04. The van der Waals surface area contributed by atoms with Crippen LogP contribution in [0.1, 0.15) is 10.4 Å². The highest BCUT2D eigenvalue weighted by atomic mass is 79.9. The number of hydrogen-bond acceptors (Lipinski definition) is 3. The van der Waals surface area contributed by atoms with Gasteiger partial charge in [-0.1, -0.05) is 15.9 Å². The van der Waals surface area contributed by atoms with E-state index in [1.54, 1.807) is 0 Å². The summed E-state index contributed by atoms with van der Waals surface area (Å²) in [5.41, 5.74) is 0.156. The second-order valence-corrected chi connectivity index (χ2v) is 3.12. The van der Waals surface area contributed by atoms with Gasteiger partial charge in [-0.2, -0.15) is 0 Å². The lowest BCUT2D eigenvalue weighted by molar-refractivity contribution is 0.102. The molecule has 1 rings (SSSR count). The van der Waals surface area contributed by atoms with Crippen molar-refractivity contribution in [1.29, 1.82) is 0 Å². The maximum atomic E-state index is 12.9. The Morgan fingerprint density at radius 3 is 2.79 bits per heavy atom. The Bertz CT molecular complexity index is 365. The van der Waals surface area contributed by atoms with Gasteiger partial charge in [0.05, 0.1) is 18.0 Å². The number of phenolic OH excluding ortho intramolecular Hbond substituents is 1. The second kappa shape index (κ2) is 4.41. The summed E-state index contributed by atoms with van der Waals surface area (Å²) in [6, 6.07) is 2.03. The molecule has 5 heteroatoms. The molecule has 0 spiro atoms. The number of methoxy groups -OCH3 is 1. The number of hydrogen-bond donors (Lipinski definition) is 1. The number of rotatable bonds is 3. The molecule has 3 nitrogen and oxygen atoms in total. The first-order valence-corrected chi connectivity index (χ1v) is 4.88. The number of ether oxygens (including phenoxy) is 1. The summed E-state index contributed by atoms with van der Waals surface area (Å²) in [6.45, 7) is 0. The van der Waals surface area contributed by atoms with Crippen LogP contribution in [0.4, 0.5) is 4.39 Å². The summed E-state index contributed by atoms with van der Waals surface area (Å²) in [6.07, 6.45) is 0. The second-order valence-electron chi connectivity index (χ2n) is 2.56. The summed E-state index contributed by atoms with van der Waals surface area (Å²) in [4.78, 5) is 11.3. The predicted octanol–water partition coefficient (Wildman–Crippen LogP) is 2.12. The molecule has 1 N–H and O–H groups in total. The van der Waals surface area contributed by atoms with Crippen molar-refractivity contribution < 1.29 is 19.0 Å². The number of halogens is 2. The molecule has 76 valence electrons. The van der Waals surface area contributed by atoms with E-state index in [0.29, 0.717) is 0 Å². The number of benzene rings is 1. The Balaban J connectivity index is 3.27. The van der Waals surface area contributed by atoms with Crippen molar-refractivity contribution in [2.75, 3.05) is 12.4 Å². The number of Topliss-reactive ketones (excluding diaryl/α,β-unsaturated/α-hetero) is 1. The van der Waals surface area contributed by atoms with Gasteiger partial charge in [0.2, 0.25) is 0 Å². The van der Waals surface area contributed by atoms with Crippen LogP contribution in [0.3, 0.4) is 0 Å². The van der Waals surface area contributed by atoms with Crippen LogP contribution < -0.4 is 4.74 Å². The van der Waals surface area contributed by atoms with Crippen molar-refractivity contribution in [3.8, 4) is 11.5 Å². The Kier molecular flexibility index (Phi) is 3.46. The first-order valence-electron chi connectivity index (χ1n) is 3.75. The topological polar surface area (TPSA) is 46.5 Å². The highest BCUT2D eigenvalue weighted by Crippen LogP contribution is 2.27. The van der Waals surface area contributed by atoms with E-state index in [9.17, 15) is 9.18 Å². The quantitative estimate of drug-likeness (QED) is 0.671. The molecular formula is C9H8BrFO3. The highest BCUT2D eigenvalue weighted by Gasteiger charge is 2.14. The average molecular weight is 263 g/mol. The standard InChI is InChI=1S/C9H8BrFO3/c1-14-9-3-6(11)7(12)2-5(9)8(13)4-10/h2-3,12H,4H2,1H3. The smallest absolute Gasteiger partial charge is 0.177 e. The summed E-state index contributed by atoms with van der Waals surface area (Å²) in [5, 5.41) is 9.16. The number of alkyl halides is 1. The minimum absolute atomic E-state index is 0.0917. The van der Waals surface area contributed by atoms with Crippen LogP contribution in [0.5, 0.6) is 11.5 Å². The zero-order valence-electron chi connectivity index (χ0n) is 7.38. The van der Waals surface area contributed by atoms with Crippen LogP contribution >= 0.6 is 15.9 Å². The lowest BCUT2D eigenvalue weighted by Crippen LogP contribution is -2.03. The Labute approximate surface area is 88.6 Å². The zero-order valence-corrected chi connectivity index (χ0v) is 8.97. The molecule has 0 amide bonds. The Morgan fingerprint density at radius 2 is 2.29 bits per heavy atom. The van der Waals surface area contributed by atoms with Gasteiger partial charge >= 0.3 is 0 Å². The number of carbonyl (C=O) groups is 1. The van der Waals surface area contributed by atoms with Crippen molar-refractivity contribution in [3.63, 3.8) is 0 Å². The van der Waals surface area contributed by atoms with E-state index >= 15 is 0 Å². The van der Waals surface area contributed by atoms with Gasteiger partial charge in [-0.05, 0) is 6.07 Å². The maximum absolute atomic E-state index is 12.9. The van der Waals surface area contributed by atoms with E-state index in [1.165, 1.54) is 7.11 Å². The van der Waals surface area contributed by atoms with Gasteiger partial charge < -0.3 is 9.84 Å². The van der Waals surface area contributed by atoms with Gasteiger partial charge in [0.15, 0.2) is 17.3 Å². The lowest BCUT2D eigenvalue weighted by Gasteiger charge is -2.07. The molecule has 0 fully saturated rings. The monoisotopic (exact) mass is 262 g/mol. The molecule has 0 saturated heterocycles. The Morgan fingerprint density at radius 1 is 1.64 bits per heavy atom. The van der Waals surface area contributed by atoms with E-state index in [-0.39, 0.29) is 22.4 Å². The molecular weight excluding hydrogens is 255 g/mol. The molecule has 0 heterocycles. The van der Waals surface area contributed by atoms with E-state index in [1.807, 2.05) is 0 Å². The minimum atomic E-state index is -0.812. The van der Waals surface area contributed by atoms with Crippen molar-refractivity contribution >= 4 is 21.7 Å². The third-order valence-corrected chi connectivity index (χ3v) is 2.20. The van der Waals surface area contributed by atoms with Crippen molar-refractivity contribution in [2.24, 2.45) is 0 Å². The van der Waals surface area contributed by atoms with Crippen LogP contribution in [0, 0.1) is 5.82 Å². The number of carbonyl (C=O) groups excluding carboxylic acids is 1. The zero-order chi connectivity index (χ0) is 10.7. The largest absolute Gasteiger partial charge is 0.505 e. The predicted molar refractivity (Wildman–Crippen MR) is 52.7 cm³/mol. The van der Waals surface area contributed by atoms with E-state index < -0.39 is 11.6 Å². The first kappa shape index (κ1) is 11.0. The molecule has 14 heavy (non-hydrogen) atoms. The normalized spacial score (nSPS) is 9.93. The van der Waals surface area contributed by atoms with Crippen molar-refractivity contribution in [2.45, 2.75) is 0 Å². The van der Waals surface area contributed by atoms with Crippen LogP contribution in [0.15, 0.2) is 12.1 Å². The van der Waals surface area contributed by atoms with Crippen molar-refractivity contribution in [3.05, 3.63) is 23.5 Å². The SMILES string of the molecule is COc1cc(F)c(O)cc1C(=O)CBr. The molecule has 0 bridgehead atoms. The van der Waals surface area contributed by atoms with Crippen LogP contribution in [0.25, 0.3) is 0 Å². The number of aromatic hydroxyl groups is 1. The summed E-state index contributed by atoms with van der Waals surface area (Å²) in [7, 11) is 1.33. The van der Waals surface area contributed by atoms with Crippen molar-refractivity contribution in [1.82, 2.24) is 0 Å². The van der Waals surface area contributed by atoms with E-state index in [2.05, 4.69) is 15.9 Å². The molecule has 0 atom stereocenters. The number of ketones is 1. The van der Waals surface area contributed by atoms with E-state index in [0.717, 1.165) is 12.1 Å². The Hall–Kier alpha value is -1.10. The third-order valence-electron chi connectivity index (χ3n) is 1.69. The van der Waals surface area contributed by atoms with Gasteiger partial charge in [0.1, 0.15) is 5.75 Å². The molecule has 0 saturated carbocycles. The first-order chi connectivity index (χ1) is 6.60. The fourth-order valence-electron chi connectivity index (χ4n) is 1.00. The fraction of sp³-hybridized carbons (Fsp3) is 0.222. The molecule has 1 aromatic rings. The molecule has 0 aliphatic rings.